The summed E-state index contributed by atoms with van der Waals surface area (Å²) in [4.78, 5) is 20.7. The Morgan fingerprint density at radius 3 is 1.50 bits per heavy atom. The Morgan fingerprint density at radius 1 is 0.643 bits per heavy atom. The molecule has 0 atom stereocenters. The van der Waals surface area contributed by atoms with E-state index in [4.69, 9.17) is 10.2 Å². The standard InChI is InChI=1S/2C8H4F4O2/c9-4-1-2-6(8(10,11)12)5(3-4)7(13)14;9-4-1-2-5(7(13)14)6(3-4)8(10,11)12/h2*1-3H,(H,13,14). The predicted molar refractivity (Wildman–Crippen MR) is 76.7 cm³/mol. The van der Waals surface area contributed by atoms with Gasteiger partial charge in [0.2, 0.25) is 0 Å². The number of carbonyl (C=O) groups is 2. The van der Waals surface area contributed by atoms with Gasteiger partial charge in [0.1, 0.15) is 11.6 Å². The number of halogens is 8. The zero-order chi connectivity index (χ0) is 21.9. The van der Waals surface area contributed by atoms with Crippen molar-refractivity contribution < 1.29 is 54.9 Å². The van der Waals surface area contributed by atoms with Crippen molar-refractivity contribution >= 4 is 11.9 Å². The lowest BCUT2D eigenvalue weighted by atomic mass is 10.1. The molecule has 0 aliphatic carbocycles. The molecule has 0 spiro atoms. The average Bonchev–Trinajstić information content (AvgIpc) is 2.53. The SMILES string of the molecule is O=C(O)c1cc(F)ccc1C(F)(F)F.O=C(O)c1ccc(F)cc1C(F)(F)F. The van der Waals surface area contributed by atoms with Crippen molar-refractivity contribution in [2.75, 3.05) is 0 Å². The van der Waals surface area contributed by atoms with E-state index in [2.05, 4.69) is 0 Å². The Morgan fingerprint density at radius 2 is 1.07 bits per heavy atom. The predicted octanol–water partition coefficient (Wildman–Crippen LogP) is 5.09. The molecule has 0 fully saturated rings. The van der Waals surface area contributed by atoms with E-state index < -0.39 is 58.2 Å². The summed E-state index contributed by atoms with van der Waals surface area (Å²) in [7, 11) is 0. The van der Waals surface area contributed by atoms with Crippen LogP contribution in [0.15, 0.2) is 36.4 Å². The van der Waals surface area contributed by atoms with Gasteiger partial charge in [-0.25, -0.2) is 18.4 Å². The molecule has 0 aliphatic heterocycles. The van der Waals surface area contributed by atoms with Gasteiger partial charge in [0.15, 0.2) is 0 Å². The third-order valence-electron chi connectivity index (χ3n) is 3.03. The molecule has 2 N–H and O–H groups in total. The number of hydrogen-bond acceptors (Lipinski definition) is 2. The van der Waals surface area contributed by atoms with Crippen molar-refractivity contribution in [2.45, 2.75) is 12.4 Å². The second-order valence-corrected chi connectivity index (χ2v) is 4.99. The van der Waals surface area contributed by atoms with Gasteiger partial charge in [0.25, 0.3) is 0 Å². The van der Waals surface area contributed by atoms with Crippen LogP contribution in [0.5, 0.6) is 0 Å². The molecule has 0 unspecified atom stereocenters. The minimum Gasteiger partial charge on any atom is -0.478 e. The molecule has 0 bridgehead atoms. The van der Waals surface area contributed by atoms with E-state index in [9.17, 15) is 44.7 Å². The molecule has 0 aromatic heterocycles. The molecule has 0 amide bonds. The van der Waals surface area contributed by atoms with Crippen LogP contribution in [0.4, 0.5) is 35.1 Å². The molecule has 0 saturated carbocycles. The highest BCUT2D eigenvalue weighted by atomic mass is 19.4. The van der Waals surface area contributed by atoms with E-state index in [-0.39, 0.29) is 6.07 Å². The van der Waals surface area contributed by atoms with Gasteiger partial charge in [0.05, 0.1) is 22.3 Å². The monoisotopic (exact) mass is 416 g/mol. The summed E-state index contributed by atoms with van der Waals surface area (Å²) < 4.78 is 97.9. The Hall–Kier alpha value is -3.18. The van der Waals surface area contributed by atoms with E-state index in [0.29, 0.717) is 30.3 Å². The lowest BCUT2D eigenvalue weighted by Crippen LogP contribution is -2.13. The van der Waals surface area contributed by atoms with Gasteiger partial charge in [-0.05, 0) is 36.4 Å². The molecule has 2 aromatic carbocycles. The second kappa shape index (κ2) is 8.23. The van der Waals surface area contributed by atoms with E-state index in [1.807, 2.05) is 0 Å². The van der Waals surface area contributed by atoms with E-state index >= 15 is 0 Å². The van der Waals surface area contributed by atoms with Crippen molar-refractivity contribution in [3.05, 3.63) is 70.3 Å². The van der Waals surface area contributed by atoms with Crippen LogP contribution in [0.25, 0.3) is 0 Å². The summed E-state index contributed by atoms with van der Waals surface area (Å²) in [5.41, 5.74) is -4.88. The van der Waals surface area contributed by atoms with Crippen molar-refractivity contribution in [2.24, 2.45) is 0 Å². The van der Waals surface area contributed by atoms with E-state index in [1.165, 1.54) is 0 Å². The summed E-state index contributed by atoms with van der Waals surface area (Å²) in [6, 6.07) is 2.71. The van der Waals surface area contributed by atoms with Gasteiger partial charge in [0, 0.05) is 0 Å². The van der Waals surface area contributed by atoms with Crippen molar-refractivity contribution in [3.63, 3.8) is 0 Å². The van der Waals surface area contributed by atoms with Crippen LogP contribution < -0.4 is 0 Å². The third-order valence-corrected chi connectivity index (χ3v) is 3.03. The van der Waals surface area contributed by atoms with Crippen molar-refractivity contribution in [3.8, 4) is 0 Å². The molecular formula is C16H8F8O4. The number of alkyl halides is 6. The van der Waals surface area contributed by atoms with E-state index in [1.54, 1.807) is 0 Å². The normalized spacial score (nSPS) is 11.4. The number of benzene rings is 2. The quantitative estimate of drug-likeness (QED) is 0.670. The van der Waals surface area contributed by atoms with Crippen LogP contribution in [0.1, 0.15) is 31.8 Å². The molecule has 2 rings (SSSR count). The largest absolute Gasteiger partial charge is 0.478 e. The molecule has 0 radical (unpaired) electrons. The number of rotatable bonds is 2. The fourth-order valence-electron chi connectivity index (χ4n) is 1.88. The van der Waals surface area contributed by atoms with Crippen LogP contribution in [0, 0.1) is 11.6 Å². The fraction of sp³-hybridized carbons (Fsp3) is 0.125. The molecular weight excluding hydrogens is 408 g/mol. The smallest absolute Gasteiger partial charge is 0.417 e. The molecule has 12 heteroatoms. The highest BCUT2D eigenvalue weighted by Gasteiger charge is 2.36. The maximum atomic E-state index is 12.5. The number of carboxylic acids is 2. The molecule has 0 heterocycles. The summed E-state index contributed by atoms with van der Waals surface area (Å²) in [6.07, 6.45) is -9.66. The Balaban J connectivity index is 0.000000280. The van der Waals surface area contributed by atoms with Gasteiger partial charge in [-0.15, -0.1) is 0 Å². The minimum atomic E-state index is -4.87. The fourth-order valence-corrected chi connectivity index (χ4v) is 1.88. The summed E-state index contributed by atoms with van der Waals surface area (Å²) in [5, 5.41) is 16.8. The van der Waals surface area contributed by atoms with Gasteiger partial charge < -0.3 is 10.2 Å². The lowest BCUT2D eigenvalue weighted by molar-refractivity contribution is -0.139. The lowest BCUT2D eigenvalue weighted by Gasteiger charge is -2.09. The highest BCUT2D eigenvalue weighted by molar-refractivity contribution is 5.90. The third kappa shape index (κ3) is 5.93. The first-order valence-electron chi connectivity index (χ1n) is 6.84. The first kappa shape index (κ1) is 22.9. The Kier molecular flexibility index (Phi) is 6.72. The maximum absolute atomic E-state index is 12.5. The van der Waals surface area contributed by atoms with Gasteiger partial charge >= 0.3 is 24.3 Å². The zero-order valence-corrected chi connectivity index (χ0v) is 13.2. The Bertz CT molecular complexity index is 887. The van der Waals surface area contributed by atoms with E-state index in [0.717, 1.165) is 0 Å². The number of carboxylic acid groups (broad SMARTS) is 2. The number of aromatic carboxylic acids is 2. The average molecular weight is 416 g/mol. The molecule has 28 heavy (non-hydrogen) atoms. The molecule has 0 aliphatic rings. The van der Waals surface area contributed by atoms with Gasteiger partial charge in [-0.2, -0.15) is 26.3 Å². The summed E-state index contributed by atoms with van der Waals surface area (Å²) in [6.45, 7) is 0. The van der Waals surface area contributed by atoms with Crippen LogP contribution in [0.3, 0.4) is 0 Å². The first-order valence-corrected chi connectivity index (χ1v) is 6.84. The van der Waals surface area contributed by atoms with Crippen LogP contribution >= 0.6 is 0 Å². The zero-order valence-electron chi connectivity index (χ0n) is 13.2. The van der Waals surface area contributed by atoms with Gasteiger partial charge in [-0.3, -0.25) is 0 Å². The van der Waals surface area contributed by atoms with Crippen LogP contribution in [-0.4, -0.2) is 22.2 Å². The molecule has 4 nitrogen and oxygen atoms in total. The van der Waals surface area contributed by atoms with Crippen molar-refractivity contribution in [1.82, 2.24) is 0 Å². The Labute approximate surface area is 150 Å². The van der Waals surface area contributed by atoms with Crippen molar-refractivity contribution in [1.29, 1.82) is 0 Å². The van der Waals surface area contributed by atoms with Crippen LogP contribution in [0.2, 0.25) is 0 Å². The molecule has 152 valence electrons. The minimum absolute atomic E-state index is 0.156. The molecule has 2 aromatic rings. The molecule has 0 saturated heterocycles. The summed E-state index contributed by atoms with van der Waals surface area (Å²) >= 11 is 0. The first-order chi connectivity index (χ1) is 12.6. The maximum Gasteiger partial charge on any atom is 0.417 e. The second-order valence-electron chi connectivity index (χ2n) is 4.99. The van der Waals surface area contributed by atoms with Gasteiger partial charge in [-0.1, -0.05) is 0 Å². The topological polar surface area (TPSA) is 74.6 Å². The number of hydrogen-bond donors (Lipinski definition) is 2. The highest BCUT2D eigenvalue weighted by Crippen LogP contribution is 2.33. The summed E-state index contributed by atoms with van der Waals surface area (Å²) in [5.74, 6) is -5.69. The van der Waals surface area contributed by atoms with Crippen LogP contribution in [-0.2, 0) is 12.4 Å².